The number of hydrogen-bond acceptors (Lipinski definition) is 4. The molecule has 0 saturated carbocycles. The highest BCUT2D eigenvalue weighted by atomic mass is 35.5. The molecule has 0 amide bonds. The molecule has 1 aromatic carbocycles. The van der Waals surface area contributed by atoms with Crippen LogP contribution in [0.4, 0.5) is 5.69 Å². The van der Waals surface area contributed by atoms with Crippen molar-refractivity contribution in [2.75, 3.05) is 5.73 Å². The van der Waals surface area contributed by atoms with Gasteiger partial charge in [0.15, 0.2) is 0 Å². The second kappa shape index (κ2) is 3.06. The Kier molecular flexibility index (Phi) is 2.38. The molecule has 0 heterocycles. The van der Waals surface area contributed by atoms with Gasteiger partial charge in [-0.1, -0.05) is 11.6 Å². The van der Waals surface area contributed by atoms with Gasteiger partial charge in [-0.25, -0.2) is 13.6 Å². The number of phenols is 1. The van der Waals surface area contributed by atoms with E-state index in [1.165, 1.54) is 0 Å². The van der Waals surface area contributed by atoms with E-state index in [0.717, 1.165) is 12.1 Å². The van der Waals surface area contributed by atoms with Crippen LogP contribution in [-0.2, 0) is 10.0 Å². The third kappa shape index (κ3) is 1.85. The lowest BCUT2D eigenvalue weighted by Gasteiger charge is -2.05. The highest BCUT2D eigenvalue weighted by Crippen LogP contribution is 2.33. The predicted molar refractivity (Wildman–Crippen MR) is 48.9 cm³/mol. The lowest BCUT2D eigenvalue weighted by atomic mass is 10.3. The van der Waals surface area contributed by atoms with E-state index in [4.69, 9.17) is 27.6 Å². The summed E-state index contributed by atoms with van der Waals surface area (Å²) in [6, 6.07) is 2.20. The molecule has 0 saturated heterocycles. The summed E-state index contributed by atoms with van der Waals surface area (Å²) in [4.78, 5) is -0.301. The first kappa shape index (κ1) is 10.1. The monoisotopic (exact) mass is 222 g/mol. The Bertz CT molecular complexity index is 443. The van der Waals surface area contributed by atoms with Gasteiger partial charge in [-0.15, -0.1) is 0 Å². The van der Waals surface area contributed by atoms with E-state index in [0.29, 0.717) is 0 Å². The number of nitrogen functional groups attached to an aromatic ring is 1. The summed E-state index contributed by atoms with van der Waals surface area (Å²) in [5.74, 6) is -0.280. The van der Waals surface area contributed by atoms with Crippen molar-refractivity contribution < 1.29 is 13.5 Å². The minimum Gasteiger partial charge on any atom is -0.506 e. The number of aromatic hydroxyl groups is 1. The van der Waals surface area contributed by atoms with Gasteiger partial charge in [0.05, 0.1) is 10.7 Å². The fraction of sp³-hybridized carbons (Fsp3) is 0. The van der Waals surface area contributed by atoms with Crippen LogP contribution in [0.15, 0.2) is 17.0 Å². The van der Waals surface area contributed by atoms with Crippen LogP contribution in [0.5, 0.6) is 5.75 Å². The Morgan fingerprint density at radius 3 is 2.38 bits per heavy atom. The molecule has 0 aliphatic carbocycles. The second-order valence-electron chi connectivity index (χ2n) is 2.36. The zero-order chi connectivity index (χ0) is 10.2. The highest BCUT2D eigenvalue weighted by Gasteiger charge is 2.16. The molecule has 7 heteroatoms. The average Bonchev–Trinajstić information content (AvgIpc) is 1.98. The number of primary sulfonamides is 1. The summed E-state index contributed by atoms with van der Waals surface area (Å²) in [5.41, 5.74) is 5.08. The van der Waals surface area contributed by atoms with Gasteiger partial charge in [0.25, 0.3) is 0 Å². The SMILES string of the molecule is Nc1c(O)ccc(S(N)(=O)=O)c1Cl. The third-order valence-electron chi connectivity index (χ3n) is 1.43. The molecule has 0 fully saturated rings. The Hall–Kier alpha value is -0.980. The molecule has 1 aromatic rings. The van der Waals surface area contributed by atoms with Crippen molar-refractivity contribution in [3.63, 3.8) is 0 Å². The molecule has 72 valence electrons. The van der Waals surface area contributed by atoms with Gasteiger partial charge in [0.2, 0.25) is 10.0 Å². The maximum atomic E-state index is 10.9. The number of nitrogens with two attached hydrogens (primary N) is 2. The number of phenolic OH excluding ortho intramolecular Hbond substituents is 1. The highest BCUT2D eigenvalue weighted by molar-refractivity contribution is 7.89. The minimum absolute atomic E-state index is 0.201. The van der Waals surface area contributed by atoms with Gasteiger partial charge >= 0.3 is 0 Å². The molecule has 0 aliphatic heterocycles. The zero-order valence-electron chi connectivity index (χ0n) is 6.36. The quantitative estimate of drug-likeness (QED) is 0.469. The van der Waals surface area contributed by atoms with Gasteiger partial charge in [0, 0.05) is 0 Å². The van der Waals surface area contributed by atoms with Crippen molar-refractivity contribution in [1.29, 1.82) is 0 Å². The maximum Gasteiger partial charge on any atom is 0.239 e. The number of hydrogen-bond donors (Lipinski definition) is 3. The maximum absolute atomic E-state index is 10.9. The van der Waals surface area contributed by atoms with E-state index in [1.807, 2.05) is 0 Å². The van der Waals surface area contributed by atoms with E-state index >= 15 is 0 Å². The fourth-order valence-electron chi connectivity index (χ4n) is 0.782. The average molecular weight is 223 g/mol. The lowest BCUT2D eigenvalue weighted by molar-refractivity contribution is 0.477. The first-order valence-corrected chi connectivity index (χ1v) is 5.06. The van der Waals surface area contributed by atoms with E-state index in [2.05, 4.69) is 0 Å². The van der Waals surface area contributed by atoms with E-state index < -0.39 is 10.0 Å². The first-order chi connectivity index (χ1) is 5.84. The number of benzene rings is 1. The summed E-state index contributed by atoms with van der Waals surface area (Å²) in [6.07, 6.45) is 0. The predicted octanol–water partition coefficient (Wildman–Crippen LogP) is 0.275. The molecule has 0 aliphatic rings. The van der Waals surface area contributed by atoms with Crippen molar-refractivity contribution in [1.82, 2.24) is 0 Å². The fourth-order valence-corrected chi connectivity index (χ4v) is 1.88. The topological polar surface area (TPSA) is 106 Å². The molecule has 0 bridgehead atoms. The normalized spacial score (nSPS) is 11.5. The van der Waals surface area contributed by atoms with Crippen LogP contribution in [0.2, 0.25) is 5.02 Å². The molecule has 1 rings (SSSR count). The van der Waals surface area contributed by atoms with Crippen LogP contribution in [0, 0.1) is 0 Å². The zero-order valence-corrected chi connectivity index (χ0v) is 7.93. The van der Waals surface area contributed by atoms with Gasteiger partial charge in [-0.2, -0.15) is 0 Å². The van der Waals surface area contributed by atoms with Crippen LogP contribution in [0.3, 0.4) is 0 Å². The summed E-state index contributed by atoms with van der Waals surface area (Å²) < 4.78 is 21.7. The molecule has 13 heavy (non-hydrogen) atoms. The van der Waals surface area contributed by atoms with Crippen molar-refractivity contribution in [3.05, 3.63) is 17.2 Å². The van der Waals surface area contributed by atoms with Crippen molar-refractivity contribution >= 4 is 27.3 Å². The van der Waals surface area contributed by atoms with Crippen molar-refractivity contribution in [2.24, 2.45) is 5.14 Å². The molecule has 0 aromatic heterocycles. The van der Waals surface area contributed by atoms with Crippen molar-refractivity contribution in [3.8, 4) is 5.75 Å². The molecule has 0 spiro atoms. The van der Waals surface area contributed by atoms with E-state index in [-0.39, 0.29) is 21.4 Å². The largest absolute Gasteiger partial charge is 0.506 e. The third-order valence-corrected chi connectivity index (χ3v) is 2.90. The standard InChI is InChI=1S/C6H7ClN2O3S/c7-5-4(13(9,11)12)2-1-3(10)6(5)8/h1-2,10H,8H2,(H2,9,11,12). The molecule has 5 N–H and O–H groups in total. The summed E-state index contributed by atoms with van der Waals surface area (Å²) in [5, 5.41) is 13.6. The van der Waals surface area contributed by atoms with Crippen LogP contribution < -0.4 is 10.9 Å². The molecule has 0 atom stereocenters. The Labute approximate surface area is 80.0 Å². The van der Waals surface area contributed by atoms with Gasteiger partial charge in [-0.05, 0) is 12.1 Å². The number of rotatable bonds is 1. The van der Waals surface area contributed by atoms with Crippen LogP contribution in [0.25, 0.3) is 0 Å². The van der Waals surface area contributed by atoms with Crippen molar-refractivity contribution in [2.45, 2.75) is 4.90 Å². The van der Waals surface area contributed by atoms with Gasteiger partial charge < -0.3 is 10.8 Å². The first-order valence-electron chi connectivity index (χ1n) is 3.14. The Morgan fingerprint density at radius 2 is 1.92 bits per heavy atom. The summed E-state index contributed by atoms with van der Waals surface area (Å²) >= 11 is 5.54. The van der Waals surface area contributed by atoms with Crippen LogP contribution in [-0.4, -0.2) is 13.5 Å². The second-order valence-corrected chi connectivity index (χ2v) is 4.26. The Morgan fingerprint density at radius 1 is 1.38 bits per heavy atom. The lowest BCUT2D eigenvalue weighted by Crippen LogP contribution is -2.13. The molecular weight excluding hydrogens is 216 g/mol. The minimum atomic E-state index is -3.90. The number of sulfonamides is 1. The van der Waals surface area contributed by atoms with E-state index in [1.54, 1.807) is 0 Å². The summed E-state index contributed by atoms with van der Waals surface area (Å²) in [6.45, 7) is 0. The van der Waals surface area contributed by atoms with Crippen LogP contribution >= 0.6 is 11.6 Å². The van der Waals surface area contributed by atoms with Gasteiger partial charge in [-0.3, -0.25) is 0 Å². The smallest absolute Gasteiger partial charge is 0.239 e. The van der Waals surface area contributed by atoms with Crippen LogP contribution in [0.1, 0.15) is 0 Å². The van der Waals surface area contributed by atoms with E-state index in [9.17, 15) is 8.42 Å². The molecule has 0 radical (unpaired) electrons. The molecular formula is C6H7ClN2O3S. The Balaban J connectivity index is 3.53. The molecule has 0 unspecified atom stereocenters. The van der Waals surface area contributed by atoms with Gasteiger partial charge in [0.1, 0.15) is 10.6 Å². The number of halogens is 1. The summed E-state index contributed by atoms with van der Waals surface area (Å²) in [7, 11) is -3.90. The number of anilines is 1. The molecule has 5 nitrogen and oxygen atoms in total.